The molecule has 1 N–H and O–H groups in total. The molecule has 4 nitrogen and oxygen atoms in total. The van der Waals surface area contributed by atoms with Gasteiger partial charge in [0.05, 0.1) is 21.3 Å². The second-order valence-corrected chi connectivity index (χ2v) is 8.00. The molecule has 0 heterocycles. The fourth-order valence-corrected chi connectivity index (χ4v) is 3.58. The first-order chi connectivity index (χ1) is 13.9. The van der Waals surface area contributed by atoms with Gasteiger partial charge in [0, 0.05) is 15.6 Å². The molecule has 0 aliphatic carbocycles. The lowest BCUT2D eigenvalue weighted by atomic mass is 10.2. The van der Waals surface area contributed by atoms with Gasteiger partial charge >= 0.3 is 0 Å². The van der Waals surface area contributed by atoms with Crippen LogP contribution in [-0.2, 0) is 6.61 Å². The van der Waals surface area contributed by atoms with Crippen LogP contribution in [0.1, 0.15) is 21.5 Å². The van der Waals surface area contributed by atoms with Crippen LogP contribution in [0.5, 0.6) is 5.75 Å². The monoisotopic (exact) mass is 510 g/mol. The highest BCUT2D eigenvalue weighted by Crippen LogP contribution is 2.28. The molecule has 0 aliphatic heterocycles. The van der Waals surface area contributed by atoms with Crippen molar-refractivity contribution in [3.63, 3.8) is 0 Å². The lowest BCUT2D eigenvalue weighted by Crippen LogP contribution is -2.17. The van der Waals surface area contributed by atoms with Gasteiger partial charge in [0.2, 0.25) is 0 Å². The van der Waals surface area contributed by atoms with Gasteiger partial charge in [0.1, 0.15) is 12.4 Å². The summed E-state index contributed by atoms with van der Waals surface area (Å²) in [5.74, 6) is 0.263. The Hall–Kier alpha value is -2.05. The van der Waals surface area contributed by atoms with Crippen molar-refractivity contribution < 1.29 is 9.53 Å². The number of carbonyl (C=O) groups excluding carboxylic acids is 1. The van der Waals surface area contributed by atoms with E-state index in [0.29, 0.717) is 33.0 Å². The highest BCUT2D eigenvalue weighted by atomic mass is 79.9. The van der Waals surface area contributed by atoms with Gasteiger partial charge in [-0.15, -0.1) is 0 Å². The molecular formula is C21H14BrCl3N2O2. The van der Waals surface area contributed by atoms with Crippen molar-refractivity contribution in [1.29, 1.82) is 0 Å². The Labute approximate surface area is 191 Å². The fourth-order valence-electron chi connectivity index (χ4n) is 2.38. The number of halogens is 4. The first-order valence-electron chi connectivity index (χ1n) is 8.38. The lowest BCUT2D eigenvalue weighted by Gasteiger charge is -2.10. The summed E-state index contributed by atoms with van der Waals surface area (Å²) >= 11 is 21.5. The maximum absolute atomic E-state index is 12.1. The normalized spacial score (nSPS) is 10.9. The number of rotatable bonds is 6. The van der Waals surface area contributed by atoms with Gasteiger partial charge in [0.15, 0.2) is 0 Å². The van der Waals surface area contributed by atoms with Gasteiger partial charge in [0.25, 0.3) is 5.91 Å². The van der Waals surface area contributed by atoms with Crippen molar-refractivity contribution >= 4 is 62.9 Å². The molecule has 0 spiro atoms. The molecular weight excluding hydrogens is 499 g/mol. The van der Waals surface area contributed by atoms with Crippen LogP contribution in [-0.4, -0.2) is 12.1 Å². The third-order valence-electron chi connectivity index (χ3n) is 3.85. The molecule has 0 aliphatic rings. The van der Waals surface area contributed by atoms with Crippen LogP contribution in [0.15, 0.2) is 70.2 Å². The van der Waals surface area contributed by atoms with E-state index in [1.807, 2.05) is 18.2 Å². The number of hydrazone groups is 1. The first-order valence-corrected chi connectivity index (χ1v) is 10.3. The standard InChI is InChI=1S/C21H14BrCl3N2O2/c22-17-9-13(11-26-27-21(28)16-3-1-2-4-18(16)24)5-8-20(17)29-12-14-6-7-15(23)10-19(14)25/h1-11H,12H2,(H,27,28)/b26-11-. The number of benzene rings is 3. The van der Waals surface area contributed by atoms with Crippen molar-refractivity contribution in [2.75, 3.05) is 0 Å². The zero-order valence-electron chi connectivity index (χ0n) is 14.8. The molecule has 8 heteroatoms. The topological polar surface area (TPSA) is 50.7 Å². The van der Waals surface area contributed by atoms with Crippen molar-refractivity contribution in [3.8, 4) is 5.75 Å². The van der Waals surface area contributed by atoms with Gasteiger partial charge in [-0.05, 0) is 64.0 Å². The molecule has 3 aromatic rings. The fraction of sp³-hybridized carbons (Fsp3) is 0.0476. The SMILES string of the molecule is O=C(N/N=C\c1ccc(OCc2ccc(Cl)cc2Cl)c(Br)c1)c1ccccc1Cl. The number of ether oxygens (including phenoxy) is 1. The second-order valence-electron chi connectivity index (χ2n) is 5.89. The van der Waals surface area contributed by atoms with Crippen LogP contribution in [0, 0.1) is 0 Å². The zero-order chi connectivity index (χ0) is 20.8. The van der Waals surface area contributed by atoms with Crippen LogP contribution >= 0.6 is 50.7 Å². The largest absolute Gasteiger partial charge is 0.488 e. The van der Waals surface area contributed by atoms with Crippen LogP contribution in [0.25, 0.3) is 0 Å². The summed E-state index contributed by atoms with van der Waals surface area (Å²) in [6.45, 7) is 0.302. The predicted octanol–water partition coefficient (Wildman–Crippen LogP) is 6.75. The molecule has 29 heavy (non-hydrogen) atoms. The van der Waals surface area contributed by atoms with Crippen LogP contribution in [0.2, 0.25) is 15.1 Å². The number of amides is 1. The zero-order valence-corrected chi connectivity index (χ0v) is 18.7. The molecule has 0 bridgehead atoms. The van der Waals surface area contributed by atoms with Gasteiger partial charge in [-0.1, -0.05) is 53.0 Å². The Morgan fingerprint density at radius 3 is 2.55 bits per heavy atom. The molecule has 1 amide bonds. The molecule has 0 aromatic heterocycles. The third-order valence-corrected chi connectivity index (χ3v) is 5.39. The summed E-state index contributed by atoms with van der Waals surface area (Å²) in [4.78, 5) is 12.1. The number of hydrogen-bond acceptors (Lipinski definition) is 3. The molecule has 3 rings (SSSR count). The summed E-state index contributed by atoms with van der Waals surface area (Å²) in [7, 11) is 0. The Morgan fingerprint density at radius 2 is 1.83 bits per heavy atom. The minimum atomic E-state index is -0.384. The van der Waals surface area contributed by atoms with Gasteiger partial charge in [-0.2, -0.15) is 5.10 Å². The van der Waals surface area contributed by atoms with Gasteiger partial charge in [-0.3, -0.25) is 4.79 Å². The van der Waals surface area contributed by atoms with E-state index in [1.165, 1.54) is 6.21 Å². The average molecular weight is 513 g/mol. The quantitative estimate of drug-likeness (QED) is 0.293. The van der Waals surface area contributed by atoms with Gasteiger partial charge < -0.3 is 4.74 Å². The highest BCUT2D eigenvalue weighted by molar-refractivity contribution is 9.10. The highest BCUT2D eigenvalue weighted by Gasteiger charge is 2.08. The smallest absolute Gasteiger partial charge is 0.272 e. The molecule has 3 aromatic carbocycles. The van der Waals surface area contributed by atoms with Crippen molar-refractivity contribution in [2.24, 2.45) is 5.10 Å². The molecule has 0 saturated carbocycles. The summed E-state index contributed by atoms with van der Waals surface area (Å²) in [6, 6.07) is 17.5. The number of nitrogens with one attached hydrogen (secondary N) is 1. The van der Waals surface area contributed by atoms with Crippen LogP contribution in [0.4, 0.5) is 0 Å². The average Bonchev–Trinajstić information content (AvgIpc) is 2.69. The first kappa shape index (κ1) is 21.7. The maximum Gasteiger partial charge on any atom is 0.272 e. The van der Waals surface area contributed by atoms with Crippen molar-refractivity contribution in [3.05, 3.63) is 96.9 Å². The van der Waals surface area contributed by atoms with E-state index < -0.39 is 0 Å². The molecule has 0 atom stereocenters. The minimum Gasteiger partial charge on any atom is -0.488 e. The summed E-state index contributed by atoms with van der Waals surface area (Å²) in [5.41, 5.74) is 4.41. The molecule has 0 fully saturated rings. The number of nitrogens with zero attached hydrogens (tertiary/aromatic N) is 1. The second kappa shape index (κ2) is 10.1. The summed E-state index contributed by atoms with van der Waals surface area (Å²) < 4.78 is 6.55. The van der Waals surface area contributed by atoms with E-state index in [2.05, 4.69) is 26.5 Å². The summed E-state index contributed by atoms with van der Waals surface area (Å²) in [6.07, 6.45) is 1.53. The minimum absolute atomic E-state index is 0.302. The van der Waals surface area contributed by atoms with E-state index in [-0.39, 0.29) is 5.91 Å². The van der Waals surface area contributed by atoms with Crippen LogP contribution in [0.3, 0.4) is 0 Å². The molecule has 0 unspecified atom stereocenters. The van der Waals surface area contributed by atoms with E-state index in [9.17, 15) is 4.79 Å². The predicted molar refractivity (Wildman–Crippen MR) is 121 cm³/mol. The molecule has 0 radical (unpaired) electrons. The molecule has 0 saturated heterocycles. The molecule has 148 valence electrons. The Bertz CT molecular complexity index is 1070. The van der Waals surface area contributed by atoms with E-state index in [1.54, 1.807) is 42.5 Å². The number of carbonyl (C=O) groups is 1. The number of hydrogen-bond donors (Lipinski definition) is 1. The van der Waals surface area contributed by atoms with Crippen LogP contribution < -0.4 is 10.2 Å². The Balaban J connectivity index is 1.61. The van der Waals surface area contributed by atoms with E-state index in [0.717, 1.165) is 15.6 Å². The van der Waals surface area contributed by atoms with E-state index >= 15 is 0 Å². The third kappa shape index (κ3) is 5.97. The van der Waals surface area contributed by atoms with Crippen molar-refractivity contribution in [2.45, 2.75) is 6.61 Å². The lowest BCUT2D eigenvalue weighted by molar-refractivity contribution is 0.0955. The summed E-state index contributed by atoms with van der Waals surface area (Å²) in [5, 5.41) is 5.46. The Morgan fingerprint density at radius 1 is 1.03 bits per heavy atom. The van der Waals surface area contributed by atoms with E-state index in [4.69, 9.17) is 39.5 Å². The van der Waals surface area contributed by atoms with Gasteiger partial charge in [-0.25, -0.2) is 5.43 Å². The maximum atomic E-state index is 12.1. The Kier molecular flexibility index (Phi) is 7.56. The van der Waals surface area contributed by atoms with Crippen molar-refractivity contribution in [1.82, 2.24) is 5.43 Å².